The van der Waals surface area contributed by atoms with E-state index in [1.165, 1.54) is 24.6 Å². The molecule has 3 rings (SSSR count). The van der Waals surface area contributed by atoms with Gasteiger partial charge >= 0.3 is 20.4 Å². The SMILES string of the molecule is Cc1cc(C)c(C#N)c(C)c1.Cc1cc(S(F)(F)(F)(F)F)cc(C#N)c1C#N.Cc1cc(S(F)(F)(F)(F)F)ccc1C#N. The minimum atomic E-state index is -9.81. The molecule has 0 amide bonds. The van der Waals surface area contributed by atoms with Gasteiger partial charge in [-0.3, -0.25) is 0 Å². The summed E-state index contributed by atoms with van der Waals surface area (Å²) in [6.45, 7) is 8.22. The lowest BCUT2D eigenvalue weighted by Gasteiger charge is -2.40. The van der Waals surface area contributed by atoms with E-state index in [4.69, 9.17) is 21.0 Å². The van der Waals surface area contributed by atoms with Crippen LogP contribution in [-0.4, -0.2) is 0 Å². The second kappa shape index (κ2) is 10.4. The summed E-state index contributed by atoms with van der Waals surface area (Å²) in [4.78, 5) is -4.12. The maximum absolute atomic E-state index is 12.5. The van der Waals surface area contributed by atoms with E-state index in [1.54, 1.807) is 6.07 Å². The van der Waals surface area contributed by atoms with E-state index < -0.39 is 35.8 Å². The van der Waals surface area contributed by atoms with E-state index in [9.17, 15) is 38.9 Å². The summed E-state index contributed by atoms with van der Waals surface area (Å²) in [6, 6.07) is 12.1. The molecule has 0 aromatic heterocycles. The van der Waals surface area contributed by atoms with Crippen molar-refractivity contribution in [3.8, 4) is 24.3 Å². The van der Waals surface area contributed by atoms with Crippen molar-refractivity contribution in [1.82, 2.24) is 0 Å². The third kappa shape index (κ3) is 10.1. The molecule has 0 aliphatic heterocycles. The molecular formula is C27H22F10N4S2. The maximum atomic E-state index is 12.5. The van der Waals surface area contributed by atoms with Gasteiger partial charge in [0.15, 0.2) is 0 Å². The molecule has 0 radical (unpaired) electrons. The number of rotatable bonds is 2. The third-order valence-electron chi connectivity index (χ3n) is 5.54. The van der Waals surface area contributed by atoms with E-state index in [0.717, 1.165) is 29.7 Å². The molecular weight excluding hydrogens is 634 g/mol. The predicted octanol–water partition coefficient (Wildman–Crippen LogP) is 11.4. The second-order valence-electron chi connectivity index (χ2n) is 9.30. The molecule has 3 aromatic rings. The van der Waals surface area contributed by atoms with Crippen LogP contribution < -0.4 is 0 Å². The van der Waals surface area contributed by atoms with Gasteiger partial charge in [0, 0.05) is 0 Å². The highest BCUT2D eigenvalue weighted by Gasteiger charge is 2.66. The minimum Gasteiger partial charge on any atom is -0.192 e. The molecule has 0 saturated heterocycles. The van der Waals surface area contributed by atoms with Gasteiger partial charge in [0.1, 0.15) is 21.9 Å². The van der Waals surface area contributed by atoms with E-state index in [2.05, 4.69) is 6.07 Å². The topological polar surface area (TPSA) is 95.2 Å². The van der Waals surface area contributed by atoms with E-state index >= 15 is 0 Å². The fraction of sp³-hybridized carbons (Fsp3) is 0.185. The van der Waals surface area contributed by atoms with Gasteiger partial charge in [-0.2, -0.15) is 21.0 Å². The van der Waals surface area contributed by atoms with Gasteiger partial charge in [0.2, 0.25) is 0 Å². The lowest BCUT2D eigenvalue weighted by molar-refractivity contribution is 0.360. The third-order valence-corrected chi connectivity index (χ3v) is 7.81. The molecule has 4 nitrogen and oxygen atoms in total. The predicted molar refractivity (Wildman–Crippen MR) is 145 cm³/mol. The van der Waals surface area contributed by atoms with Gasteiger partial charge in [-0.15, -0.1) is 0 Å². The molecule has 232 valence electrons. The lowest BCUT2D eigenvalue weighted by Crippen LogP contribution is -2.07. The molecule has 0 unspecified atom stereocenters. The summed E-state index contributed by atoms with van der Waals surface area (Å²) in [5.41, 5.74) is 2.65. The first kappa shape index (κ1) is 36.6. The van der Waals surface area contributed by atoms with Gasteiger partial charge in [0.25, 0.3) is 0 Å². The summed E-state index contributed by atoms with van der Waals surface area (Å²) in [6.07, 6.45) is 0. The lowest BCUT2D eigenvalue weighted by atomic mass is 10.0. The van der Waals surface area contributed by atoms with Crippen molar-refractivity contribution in [2.75, 3.05) is 0 Å². The Morgan fingerprint density at radius 1 is 0.442 bits per heavy atom. The molecule has 0 bridgehead atoms. The molecule has 0 saturated carbocycles. The zero-order chi connectivity index (χ0) is 33.9. The number of hydrogen-bond acceptors (Lipinski definition) is 4. The number of aryl methyl sites for hydroxylation is 5. The van der Waals surface area contributed by atoms with E-state index in [1.807, 2.05) is 32.9 Å². The van der Waals surface area contributed by atoms with Crippen LogP contribution >= 0.6 is 20.4 Å². The van der Waals surface area contributed by atoms with Crippen LogP contribution in [0.25, 0.3) is 0 Å². The number of benzene rings is 3. The average molecular weight is 657 g/mol. The van der Waals surface area contributed by atoms with Crippen molar-refractivity contribution in [2.24, 2.45) is 0 Å². The van der Waals surface area contributed by atoms with Crippen molar-refractivity contribution in [2.45, 2.75) is 44.4 Å². The highest BCUT2D eigenvalue weighted by atomic mass is 32.5. The molecule has 16 heteroatoms. The van der Waals surface area contributed by atoms with Crippen molar-refractivity contribution < 1.29 is 38.9 Å². The van der Waals surface area contributed by atoms with Crippen molar-refractivity contribution >= 4 is 20.4 Å². The first-order chi connectivity index (χ1) is 19.0. The van der Waals surface area contributed by atoms with Gasteiger partial charge in [-0.25, -0.2) is 0 Å². The number of nitriles is 4. The molecule has 0 spiro atoms. The number of nitrogens with zero attached hydrogens (tertiary/aromatic N) is 4. The Hall–Kier alpha value is -4.38. The van der Waals surface area contributed by atoms with Crippen LogP contribution in [0.2, 0.25) is 0 Å². The quantitative estimate of drug-likeness (QED) is 0.256. The van der Waals surface area contributed by atoms with Crippen molar-refractivity contribution in [3.63, 3.8) is 0 Å². The number of halogens is 10. The second-order valence-corrected chi connectivity index (χ2v) is 14.1. The summed E-state index contributed by atoms with van der Waals surface area (Å²) in [5, 5.41) is 34.3. The smallest absolute Gasteiger partial charge is 0.192 e. The van der Waals surface area contributed by atoms with Gasteiger partial charge in [-0.05, 0) is 87.2 Å². The van der Waals surface area contributed by atoms with Crippen LogP contribution in [0.4, 0.5) is 38.9 Å². The van der Waals surface area contributed by atoms with Crippen LogP contribution in [0.1, 0.15) is 50.1 Å². The minimum absolute atomic E-state index is 0.00705. The molecule has 0 N–H and O–H groups in total. The van der Waals surface area contributed by atoms with Crippen LogP contribution in [0.15, 0.2) is 52.3 Å². The molecule has 0 aliphatic rings. The fourth-order valence-corrected chi connectivity index (χ4v) is 5.04. The zero-order valence-corrected chi connectivity index (χ0v) is 24.6. The first-order valence-electron chi connectivity index (χ1n) is 11.4. The Balaban J connectivity index is 0.000000330. The monoisotopic (exact) mass is 656 g/mol. The van der Waals surface area contributed by atoms with E-state index in [-0.39, 0.29) is 40.5 Å². The Labute approximate surface area is 241 Å². The molecule has 43 heavy (non-hydrogen) atoms. The van der Waals surface area contributed by atoms with Gasteiger partial charge < -0.3 is 0 Å². The normalized spacial score (nSPS) is 14.1. The van der Waals surface area contributed by atoms with Gasteiger partial charge in [0.05, 0.1) is 34.4 Å². The first-order valence-corrected chi connectivity index (χ1v) is 15.3. The van der Waals surface area contributed by atoms with Crippen LogP contribution in [0.3, 0.4) is 0 Å². The summed E-state index contributed by atoms with van der Waals surface area (Å²) >= 11 is 0. The highest BCUT2D eigenvalue weighted by molar-refractivity contribution is 8.46. The molecule has 3 aromatic carbocycles. The van der Waals surface area contributed by atoms with Crippen LogP contribution in [-0.2, 0) is 0 Å². The number of hydrogen-bond donors (Lipinski definition) is 0. The zero-order valence-electron chi connectivity index (χ0n) is 22.9. The average Bonchev–Trinajstić information content (AvgIpc) is 2.81. The Bertz CT molecular complexity index is 1750. The van der Waals surface area contributed by atoms with Gasteiger partial charge in [-0.1, -0.05) is 56.6 Å². The Morgan fingerprint density at radius 3 is 1.19 bits per heavy atom. The van der Waals surface area contributed by atoms with Crippen molar-refractivity contribution in [1.29, 1.82) is 21.0 Å². The Morgan fingerprint density at radius 2 is 0.837 bits per heavy atom. The summed E-state index contributed by atoms with van der Waals surface area (Å²) < 4.78 is 124. The van der Waals surface area contributed by atoms with E-state index in [0.29, 0.717) is 6.07 Å². The largest absolute Gasteiger partial charge is 0.310 e. The highest BCUT2D eigenvalue weighted by Crippen LogP contribution is 3.02. The Kier molecular flexibility index (Phi) is 8.87. The summed E-state index contributed by atoms with van der Waals surface area (Å²) in [7, 11) is -19.4. The van der Waals surface area contributed by atoms with Crippen LogP contribution in [0, 0.1) is 79.9 Å². The van der Waals surface area contributed by atoms with Crippen molar-refractivity contribution in [3.05, 3.63) is 92.5 Å². The molecule has 0 fully saturated rings. The summed E-state index contributed by atoms with van der Waals surface area (Å²) in [5.74, 6) is 0. The fourth-order valence-electron chi connectivity index (χ4n) is 3.57. The molecule has 0 aliphatic carbocycles. The molecule has 0 atom stereocenters. The maximum Gasteiger partial charge on any atom is 0.310 e. The van der Waals surface area contributed by atoms with Crippen LogP contribution in [0.5, 0.6) is 0 Å². The standard InChI is InChI=1S/C10H11N.C9H5F5N2S.C8H6F5NS/c1-7-4-8(2)10(6-11)9(3)5-7;1-6-2-8(17(10,11,12,13)14)3-7(4-15)9(6)5-16;1-6-4-8(3-2-7(6)5-14)15(9,10,11,12)13/h4-5H,1-3H3;2-3H,1H3;2-4H,1H3. The molecule has 0 heterocycles.